The molecule has 0 aliphatic carbocycles. The molecule has 1 heterocycles. The summed E-state index contributed by atoms with van der Waals surface area (Å²) in [5.41, 5.74) is 6.38. The Balaban J connectivity index is 2.14. The molecule has 0 spiro atoms. The number of hydrogen-bond acceptors (Lipinski definition) is 9. The fourth-order valence-corrected chi connectivity index (χ4v) is 3.35. The van der Waals surface area contributed by atoms with Gasteiger partial charge >= 0.3 is 6.03 Å². The van der Waals surface area contributed by atoms with E-state index < -0.39 is 37.2 Å². The van der Waals surface area contributed by atoms with Crippen LogP contribution in [0, 0.1) is 0 Å². The molecule has 0 saturated heterocycles. The van der Waals surface area contributed by atoms with E-state index in [1.165, 1.54) is 24.5 Å². The van der Waals surface area contributed by atoms with Gasteiger partial charge in [0.2, 0.25) is 6.29 Å². The van der Waals surface area contributed by atoms with Gasteiger partial charge in [0.05, 0.1) is 18.9 Å². The van der Waals surface area contributed by atoms with Crippen LogP contribution in [0.15, 0.2) is 29.6 Å². The van der Waals surface area contributed by atoms with Gasteiger partial charge in [-0.15, -0.1) is 11.3 Å². The predicted molar refractivity (Wildman–Crippen MR) is 106 cm³/mol. The van der Waals surface area contributed by atoms with Gasteiger partial charge in [0.25, 0.3) is 0 Å². The average molecular weight is 428 g/mol. The van der Waals surface area contributed by atoms with Crippen molar-refractivity contribution in [3.8, 4) is 21.9 Å². The van der Waals surface area contributed by atoms with Crippen molar-refractivity contribution in [2.75, 3.05) is 19.0 Å². The Morgan fingerprint density at radius 1 is 1.17 bits per heavy atom. The summed E-state index contributed by atoms with van der Waals surface area (Å²) >= 11 is 1.36. The number of rotatable bonds is 10. The Morgan fingerprint density at radius 3 is 2.52 bits per heavy atom. The molecule has 4 atom stereocenters. The molecule has 4 unspecified atom stereocenters. The highest BCUT2D eigenvalue weighted by Crippen LogP contribution is 2.36. The van der Waals surface area contributed by atoms with Gasteiger partial charge in [0.15, 0.2) is 11.5 Å². The Labute approximate surface area is 170 Å². The highest BCUT2D eigenvalue weighted by molar-refractivity contribution is 7.14. The summed E-state index contributed by atoms with van der Waals surface area (Å²) in [5.74, 6) is 0.343. The molecular weight excluding hydrogens is 404 g/mol. The van der Waals surface area contributed by atoms with Crippen LogP contribution < -0.4 is 20.5 Å². The van der Waals surface area contributed by atoms with Gasteiger partial charge in [-0.25, -0.2) is 4.79 Å². The normalized spacial score (nSPS) is 15.2. The molecule has 10 nitrogen and oxygen atoms in total. The quantitative estimate of drug-likeness (QED) is 0.260. The molecule has 29 heavy (non-hydrogen) atoms. The number of anilines is 1. The van der Waals surface area contributed by atoms with Crippen molar-refractivity contribution < 1.29 is 39.8 Å². The molecule has 1 aromatic carbocycles. The van der Waals surface area contributed by atoms with Gasteiger partial charge in [0.1, 0.15) is 12.2 Å². The molecule has 0 bridgehead atoms. The minimum atomic E-state index is -1.86. The predicted octanol–water partition coefficient (Wildman–Crippen LogP) is 0.0766. The standard InChI is InChI=1S/C18H24N2O8S/c1-27-13-6-9(14-7-10(8-29-14)20-18(19)26)2-3-12(13)28-17(25)16(24)15(23)11(22)4-5-21/h2-3,6-8,11,15-17,21-25H,4-5H2,1H3,(H3,19,20,26). The number of carbonyl (C=O) groups is 1. The second-order valence-electron chi connectivity index (χ2n) is 6.12. The number of methoxy groups -OCH3 is 1. The van der Waals surface area contributed by atoms with Crippen LogP contribution in [0.3, 0.4) is 0 Å². The van der Waals surface area contributed by atoms with Gasteiger partial charge in [-0.05, 0) is 36.2 Å². The minimum Gasteiger partial charge on any atom is -0.493 e. The van der Waals surface area contributed by atoms with Crippen LogP contribution in [-0.4, -0.2) is 69.9 Å². The number of ether oxygens (including phenoxy) is 2. The molecular formula is C18H24N2O8S. The lowest BCUT2D eigenvalue weighted by Gasteiger charge is -2.26. The first-order valence-electron chi connectivity index (χ1n) is 8.60. The molecule has 0 saturated carbocycles. The van der Waals surface area contributed by atoms with Gasteiger partial charge < -0.3 is 46.1 Å². The second-order valence-corrected chi connectivity index (χ2v) is 7.03. The molecule has 2 aromatic rings. The van der Waals surface area contributed by atoms with Crippen LogP contribution in [0.25, 0.3) is 10.4 Å². The number of urea groups is 1. The number of thiophene rings is 1. The SMILES string of the molecule is COc1cc(-c2cc(NC(N)=O)cs2)ccc1OC(O)C(O)C(O)C(O)CCO. The fourth-order valence-electron chi connectivity index (χ4n) is 2.51. The fraction of sp³-hybridized carbons (Fsp3) is 0.389. The zero-order valence-electron chi connectivity index (χ0n) is 15.6. The molecule has 0 aliphatic rings. The van der Waals surface area contributed by atoms with Crippen molar-refractivity contribution in [2.45, 2.75) is 31.0 Å². The maximum absolute atomic E-state index is 10.9. The van der Waals surface area contributed by atoms with Crippen molar-refractivity contribution >= 4 is 23.1 Å². The van der Waals surface area contributed by atoms with Crippen molar-refractivity contribution in [2.24, 2.45) is 5.73 Å². The van der Waals surface area contributed by atoms with E-state index in [9.17, 15) is 25.2 Å². The number of primary amides is 1. The van der Waals surface area contributed by atoms with Gasteiger partial charge in [-0.1, -0.05) is 0 Å². The third-order valence-corrected chi connectivity index (χ3v) is 5.00. The summed E-state index contributed by atoms with van der Waals surface area (Å²) in [6, 6.07) is 5.86. The first kappa shape index (κ1) is 22.9. The maximum Gasteiger partial charge on any atom is 0.316 e. The van der Waals surface area contributed by atoms with E-state index in [4.69, 9.17) is 20.3 Å². The lowest BCUT2D eigenvalue weighted by Crippen LogP contribution is -2.46. The monoisotopic (exact) mass is 428 g/mol. The lowest BCUT2D eigenvalue weighted by molar-refractivity contribution is -0.166. The topological polar surface area (TPSA) is 175 Å². The van der Waals surface area contributed by atoms with Crippen LogP contribution in [0.1, 0.15) is 6.42 Å². The number of nitrogens with one attached hydrogen (secondary N) is 1. The molecule has 0 aliphatic heterocycles. The van der Waals surface area contributed by atoms with Gasteiger partial charge in [-0.3, -0.25) is 0 Å². The first-order chi connectivity index (χ1) is 13.8. The molecule has 160 valence electrons. The smallest absolute Gasteiger partial charge is 0.316 e. The van der Waals surface area contributed by atoms with Crippen molar-refractivity contribution in [1.29, 1.82) is 0 Å². The van der Waals surface area contributed by atoms with E-state index >= 15 is 0 Å². The lowest BCUT2D eigenvalue weighted by atomic mass is 10.1. The number of carbonyl (C=O) groups excluding carboxylic acids is 1. The number of amides is 2. The van der Waals surface area contributed by atoms with E-state index in [1.54, 1.807) is 23.6 Å². The van der Waals surface area contributed by atoms with Crippen molar-refractivity contribution in [3.63, 3.8) is 0 Å². The molecule has 0 radical (unpaired) electrons. The Kier molecular flexibility index (Phi) is 8.20. The average Bonchev–Trinajstić information content (AvgIpc) is 3.14. The summed E-state index contributed by atoms with van der Waals surface area (Å²) in [6.45, 7) is -0.392. The molecule has 11 heteroatoms. The second kappa shape index (κ2) is 10.4. The molecule has 1 aromatic heterocycles. The zero-order valence-corrected chi connectivity index (χ0v) is 16.4. The number of aliphatic hydroxyl groups excluding tert-OH is 5. The van der Waals surface area contributed by atoms with E-state index in [0.717, 1.165) is 10.4 Å². The highest BCUT2D eigenvalue weighted by atomic mass is 32.1. The largest absolute Gasteiger partial charge is 0.493 e. The van der Waals surface area contributed by atoms with E-state index in [-0.39, 0.29) is 17.9 Å². The molecule has 2 amide bonds. The van der Waals surface area contributed by atoms with Gasteiger partial charge in [0, 0.05) is 16.9 Å². The number of nitrogens with two attached hydrogens (primary N) is 1. The van der Waals surface area contributed by atoms with Crippen LogP contribution in [0.5, 0.6) is 11.5 Å². The summed E-state index contributed by atoms with van der Waals surface area (Å²) in [6.07, 6.45) is -6.99. The summed E-state index contributed by atoms with van der Waals surface area (Å²) in [7, 11) is 1.39. The van der Waals surface area contributed by atoms with Crippen LogP contribution in [-0.2, 0) is 0 Å². The third-order valence-electron chi connectivity index (χ3n) is 4.02. The summed E-state index contributed by atoms with van der Waals surface area (Å²) in [4.78, 5) is 11.7. The van der Waals surface area contributed by atoms with Crippen LogP contribution >= 0.6 is 11.3 Å². The number of aliphatic hydroxyl groups is 5. The Bertz CT molecular complexity index is 815. The summed E-state index contributed by atoms with van der Waals surface area (Å²) < 4.78 is 10.5. The molecule has 2 rings (SSSR count). The van der Waals surface area contributed by atoms with E-state index in [0.29, 0.717) is 5.69 Å². The first-order valence-corrected chi connectivity index (χ1v) is 9.48. The summed E-state index contributed by atoms with van der Waals surface area (Å²) in [5, 5.41) is 52.4. The maximum atomic E-state index is 10.9. The third kappa shape index (κ3) is 6.03. The van der Waals surface area contributed by atoms with Crippen molar-refractivity contribution in [1.82, 2.24) is 0 Å². The zero-order chi connectivity index (χ0) is 21.6. The Hall–Kier alpha value is -2.41. The van der Waals surface area contributed by atoms with Crippen LogP contribution in [0.2, 0.25) is 0 Å². The van der Waals surface area contributed by atoms with Crippen LogP contribution in [0.4, 0.5) is 10.5 Å². The Morgan fingerprint density at radius 2 is 1.90 bits per heavy atom. The minimum absolute atomic E-state index is 0.0960. The number of benzene rings is 1. The van der Waals surface area contributed by atoms with Gasteiger partial charge in [-0.2, -0.15) is 0 Å². The van der Waals surface area contributed by atoms with Crippen molar-refractivity contribution in [3.05, 3.63) is 29.6 Å². The molecule has 8 N–H and O–H groups in total. The van der Waals surface area contributed by atoms with E-state index in [2.05, 4.69) is 5.32 Å². The number of hydrogen-bond donors (Lipinski definition) is 7. The van der Waals surface area contributed by atoms with E-state index in [1.807, 2.05) is 0 Å². The highest BCUT2D eigenvalue weighted by Gasteiger charge is 2.32. The molecule has 0 fully saturated rings.